The molecule has 8 aromatic carbocycles. The molecule has 4 aromatic heterocycles. The second-order valence-electron chi connectivity index (χ2n) is 14.1. The molecule has 0 amide bonds. The smallest absolute Gasteiger partial charge is 0.263 e. The van der Waals surface area contributed by atoms with Crippen molar-refractivity contribution in [2.45, 2.75) is 0 Å². The van der Waals surface area contributed by atoms with Crippen LogP contribution in [0, 0.1) is 0 Å². The van der Waals surface area contributed by atoms with Crippen LogP contribution < -0.4 is 5.56 Å². The van der Waals surface area contributed by atoms with E-state index in [-0.39, 0.29) is 5.56 Å². The molecule has 0 fully saturated rings. The monoisotopic (exact) mass is 675 g/mol. The molecule has 0 aliphatic rings. The van der Waals surface area contributed by atoms with E-state index in [1.165, 1.54) is 38.1 Å². The first kappa shape index (κ1) is 28.5. The SMILES string of the molecule is O=c1c2ccccc2c2cc(-c3cccc(-n4c5ccccc5c5ccc6c7ccccc7n(-c7ccccc7)c6c54)c3)cc3c4ccccc4n1c23. The minimum Gasteiger partial charge on any atom is -0.307 e. The molecule has 0 saturated carbocycles. The highest BCUT2D eigenvalue weighted by Crippen LogP contribution is 2.43. The summed E-state index contributed by atoms with van der Waals surface area (Å²) < 4.78 is 6.80. The van der Waals surface area contributed by atoms with Crippen molar-refractivity contribution in [2.75, 3.05) is 0 Å². The van der Waals surface area contributed by atoms with Crippen LogP contribution in [0.1, 0.15) is 0 Å². The van der Waals surface area contributed by atoms with Gasteiger partial charge in [0.2, 0.25) is 0 Å². The van der Waals surface area contributed by atoms with Crippen LogP contribution in [0.4, 0.5) is 0 Å². The topological polar surface area (TPSA) is 31.3 Å². The van der Waals surface area contributed by atoms with Crippen molar-refractivity contribution in [3.8, 4) is 22.5 Å². The predicted octanol–water partition coefficient (Wildman–Crippen LogP) is 12.1. The lowest BCUT2D eigenvalue weighted by molar-refractivity contribution is 1.15. The number of nitrogens with zero attached hydrogens (tertiary/aromatic N) is 3. The van der Waals surface area contributed by atoms with Crippen molar-refractivity contribution in [1.29, 1.82) is 0 Å². The van der Waals surface area contributed by atoms with Crippen LogP contribution in [0.3, 0.4) is 0 Å². The van der Waals surface area contributed by atoms with E-state index in [1.807, 2.05) is 28.7 Å². The summed E-state index contributed by atoms with van der Waals surface area (Å²) in [5.74, 6) is 0. The highest BCUT2D eigenvalue weighted by Gasteiger charge is 2.22. The Balaban J connectivity index is 1.19. The number of hydrogen-bond donors (Lipinski definition) is 0. The maximum absolute atomic E-state index is 13.9. The van der Waals surface area contributed by atoms with Gasteiger partial charge in [0.05, 0.1) is 33.1 Å². The van der Waals surface area contributed by atoms with Gasteiger partial charge in [-0.25, -0.2) is 0 Å². The maximum atomic E-state index is 13.9. The first-order chi connectivity index (χ1) is 26.2. The number of fused-ring (bicyclic) bond motifs is 12. The first-order valence-electron chi connectivity index (χ1n) is 18.1. The fourth-order valence-electron chi connectivity index (χ4n) is 9.14. The quantitative estimate of drug-likeness (QED) is 0.172. The minimum absolute atomic E-state index is 0.0274. The predicted molar refractivity (Wildman–Crippen MR) is 221 cm³/mol. The minimum atomic E-state index is 0.0274. The Labute approximate surface area is 302 Å². The second kappa shape index (κ2) is 10.4. The Morgan fingerprint density at radius 3 is 1.45 bits per heavy atom. The molecule has 4 nitrogen and oxygen atoms in total. The number of hydrogen-bond acceptors (Lipinski definition) is 1. The van der Waals surface area contributed by atoms with Crippen molar-refractivity contribution < 1.29 is 0 Å². The summed E-state index contributed by atoms with van der Waals surface area (Å²) >= 11 is 0. The Hall–Kier alpha value is -7.17. The summed E-state index contributed by atoms with van der Waals surface area (Å²) in [6.45, 7) is 0. The van der Waals surface area contributed by atoms with Crippen molar-refractivity contribution in [2.24, 2.45) is 0 Å². The van der Waals surface area contributed by atoms with E-state index in [2.05, 4.69) is 161 Å². The third kappa shape index (κ3) is 3.76. The van der Waals surface area contributed by atoms with Crippen LogP contribution in [-0.2, 0) is 0 Å². The molecule has 0 aliphatic heterocycles. The molecule has 12 rings (SSSR count). The molecule has 53 heavy (non-hydrogen) atoms. The maximum Gasteiger partial charge on any atom is 0.263 e. The summed E-state index contributed by atoms with van der Waals surface area (Å²) in [4.78, 5) is 13.9. The fraction of sp³-hybridized carbons (Fsp3) is 0. The molecule has 0 saturated heterocycles. The van der Waals surface area contributed by atoms with Crippen LogP contribution in [0.5, 0.6) is 0 Å². The lowest BCUT2D eigenvalue weighted by Crippen LogP contribution is -2.12. The molecule has 0 bridgehead atoms. The average molecular weight is 676 g/mol. The van der Waals surface area contributed by atoms with E-state index in [0.717, 1.165) is 66.0 Å². The number of pyridine rings is 1. The van der Waals surface area contributed by atoms with Gasteiger partial charge in [-0.2, -0.15) is 0 Å². The molecule has 0 spiro atoms. The van der Waals surface area contributed by atoms with Gasteiger partial charge in [-0.3, -0.25) is 9.20 Å². The Morgan fingerprint density at radius 1 is 0.302 bits per heavy atom. The molecule has 0 aliphatic carbocycles. The molecule has 12 aromatic rings. The van der Waals surface area contributed by atoms with Crippen LogP contribution >= 0.6 is 0 Å². The fourth-order valence-corrected chi connectivity index (χ4v) is 9.14. The standard InChI is InChI=1S/C49H29N3O/c53-49-40-21-5-4-17-34(40)41-28-31(29-42-37-20-8-11-24-45(37)52(49)46(41)42)30-13-12-16-33(27-30)51-44-23-10-7-19-36(44)39-26-25-38-35-18-6-9-22-43(35)50(47(38)48(39)51)32-14-2-1-3-15-32/h1-29H. The van der Waals surface area contributed by atoms with E-state index >= 15 is 0 Å². The van der Waals surface area contributed by atoms with Gasteiger partial charge in [0, 0.05) is 54.5 Å². The van der Waals surface area contributed by atoms with Crippen molar-refractivity contribution >= 4 is 81.6 Å². The lowest BCUT2D eigenvalue weighted by Gasteiger charge is -2.14. The molecular formula is C49H29N3O. The van der Waals surface area contributed by atoms with Gasteiger partial charge in [-0.15, -0.1) is 0 Å². The van der Waals surface area contributed by atoms with Crippen LogP contribution in [0.25, 0.3) is 104 Å². The molecule has 4 heterocycles. The van der Waals surface area contributed by atoms with Gasteiger partial charge in [0.1, 0.15) is 0 Å². The van der Waals surface area contributed by atoms with Gasteiger partial charge in [0.15, 0.2) is 0 Å². The summed E-state index contributed by atoms with van der Waals surface area (Å²) in [5, 5.41) is 9.88. The second-order valence-corrected chi connectivity index (χ2v) is 14.1. The third-order valence-corrected chi connectivity index (χ3v) is 11.3. The van der Waals surface area contributed by atoms with Gasteiger partial charge in [-0.05, 0) is 77.2 Å². The normalized spacial score (nSPS) is 12.2. The van der Waals surface area contributed by atoms with Crippen molar-refractivity contribution in [3.05, 3.63) is 186 Å². The molecule has 4 heteroatoms. The summed E-state index contributed by atoms with van der Waals surface area (Å²) in [6.07, 6.45) is 0. The zero-order valence-corrected chi connectivity index (χ0v) is 28.5. The zero-order valence-electron chi connectivity index (χ0n) is 28.5. The molecule has 0 radical (unpaired) electrons. The number of aromatic nitrogens is 3. The van der Waals surface area contributed by atoms with E-state index in [1.54, 1.807) is 0 Å². The van der Waals surface area contributed by atoms with Gasteiger partial charge < -0.3 is 9.13 Å². The number of benzene rings is 8. The Morgan fingerprint density at radius 2 is 0.792 bits per heavy atom. The van der Waals surface area contributed by atoms with E-state index in [4.69, 9.17) is 0 Å². The van der Waals surface area contributed by atoms with Crippen molar-refractivity contribution in [3.63, 3.8) is 0 Å². The highest BCUT2D eigenvalue weighted by molar-refractivity contribution is 6.24. The lowest BCUT2D eigenvalue weighted by atomic mass is 9.97. The van der Waals surface area contributed by atoms with Gasteiger partial charge >= 0.3 is 0 Å². The Bertz CT molecular complexity index is 3530. The van der Waals surface area contributed by atoms with Crippen LogP contribution in [-0.4, -0.2) is 13.5 Å². The van der Waals surface area contributed by atoms with Gasteiger partial charge in [-0.1, -0.05) is 115 Å². The van der Waals surface area contributed by atoms with Crippen LogP contribution in [0.2, 0.25) is 0 Å². The van der Waals surface area contributed by atoms with E-state index in [0.29, 0.717) is 0 Å². The molecule has 0 N–H and O–H groups in total. The molecule has 0 unspecified atom stereocenters. The summed E-state index contributed by atoms with van der Waals surface area (Å²) in [7, 11) is 0. The first-order valence-corrected chi connectivity index (χ1v) is 18.1. The highest BCUT2D eigenvalue weighted by atomic mass is 16.1. The third-order valence-electron chi connectivity index (χ3n) is 11.3. The Kier molecular flexibility index (Phi) is 5.62. The summed E-state index contributed by atoms with van der Waals surface area (Å²) in [5.41, 5.74) is 11.1. The van der Waals surface area contributed by atoms with Crippen molar-refractivity contribution in [1.82, 2.24) is 13.5 Å². The molecule has 246 valence electrons. The number of para-hydroxylation sites is 4. The zero-order chi connectivity index (χ0) is 34.8. The number of rotatable bonds is 3. The largest absolute Gasteiger partial charge is 0.307 e. The van der Waals surface area contributed by atoms with Crippen LogP contribution in [0.15, 0.2) is 181 Å². The van der Waals surface area contributed by atoms with Gasteiger partial charge in [0.25, 0.3) is 5.56 Å². The molecular weight excluding hydrogens is 647 g/mol. The average Bonchev–Trinajstić information content (AvgIpc) is 3.86. The van der Waals surface area contributed by atoms with E-state index in [9.17, 15) is 4.79 Å². The molecule has 0 atom stereocenters. The van der Waals surface area contributed by atoms with E-state index < -0.39 is 0 Å². The summed E-state index contributed by atoms with van der Waals surface area (Å²) in [6, 6.07) is 62.6.